The number of pyridine rings is 1. The molecule has 3 atom stereocenters. The van der Waals surface area contributed by atoms with Crippen molar-refractivity contribution in [2.24, 2.45) is 0 Å². The summed E-state index contributed by atoms with van der Waals surface area (Å²) >= 11 is 0. The number of aromatic nitrogens is 2. The van der Waals surface area contributed by atoms with Crippen molar-refractivity contribution in [1.82, 2.24) is 9.38 Å². The van der Waals surface area contributed by atoms with Gasteiger partial charge in [0.15, 0.2) is 11.8 Å². The van der Waals surface area contributed by atoms with Gasteiger partial charge in [0.05, 0.1) is 30.6 Å². The Morgan fingerprint density at radius 2 is 1.97 bits per heavy atom. The zero-order valence-corrected chi connectivity index (χ0v) is 16.8. The molecule has 152 valence electrons. The number of ether oxygens (including phenoxy) is 3. The molecule has 3 aromatic rings. The molecule has 4 rings (SSSR count). The summed E-state index contributed by atoms with van der Waals surface area (Å²) in [7, 11) is 1.63. The van der Waals surface area contributed by atoms with Crippen LogP contribution in [-0.2, 0) is 19.0 Å². The van der Waals surface area contributed by atoms with E-state index >= 15 is 0 Å². The standard InChI is InChI=1S/C22H25N3O4/c1-14-15(2)25-10-9-17-19(22(25)23-14)24-18(16-7-5-4-6-8-16)21(29-13-26)20(17)28-12-11-27-3/h4-10,13,18,20-21,24H,11-12H2,1-3H3/t18-,20-,21-/m1/s1. The highest BCUT2D eigenvalue weighted by atomic mass is 16.6. The van der Waals surface area contributed by atoms with Gasteiger partial charge in [-0.3, -0.25) is 4.79 Å². The molecule has 0 unspecified atom stereocenters. The molecule has 1 aliphatic rings. The summed E-state index contributed by atoms with van der Waals surface area (Å²) in [5, 5.41) is 3.57. The van der Waals surface area contributed by atoms with Crippen LogP contribution in [0.5, 0.6) is 0 Å². The van der Waals surface area contributed by atoms with Gasteiger partial charge in [0.25, 0.3) is 6.47 Å². The number of methoxy groups -OCH3 is 1. The van der Waals surface area contributed by atoms with E-state index in [-0.39, 0.29) is 6.04 Å². The molecule has 0 aliphatic carbocycles. The monoisotopic (exact) mass is 395 g/mol. The SMILES string of the molecule is COCCO[C@@H]1c2ccn3c(C)c(C)nc3c2N[C@H](c2ccccc2)[C@H]1OC=O. The van der Waals surface area contributed by atoms with Crippen LogP contribution in [0.15, 0.2) is 42.6 Å². The van der Waals surface area contributed by atoms with Crippen molar-refractivity contribution >= 4 is 17.8 Å². The first kappa shape index (κ1) is 19.4. The number of nitrogens with zero attached hydrogens (tertiary/aromatic N) is 2. The van der Waals surface area contributed by atoms with E-state index in [4.69, 9.17) is 19.2 Å². The smallest absolute Gasteiger partial charge is 0.293 e. The number of benzene rings is 1. The van der Waals surface area contributed by atoms with Crippen molar-refractivity contribution in [1.29, 1.82) is 0 Å². The molecule has 3 heterocycles. The summed E-state index contributed by atoms with van der Waals surface area (Å²) in [6.07, 6.45) is 1.01. The first-order valence-electron chi connectivity index (χ1n) is 9.65. The molecule has 7 heteroatoms. The molecular formula is C22H25N3O4. The van der Waals surface area contributed by atoms with Gasteiger partial charge in [0, 0.05) is 24.6 Å². The maximum Gasteiger partial charge on any atom is 0.293 e. The largest absolute Gasteiger partial charge is 0.459 e. The van der Waals surface area contributed by atoms with Crippen LogP contribution in [0.4, 0.5) is 5.69 Å². The van der Waals surface area contributed by atoms with E-state index < -0.39 is 12.2 Å². The molecule has 0 radical (unpaired) electrons. The van der Waals surface area contributed by atoms with Crippen molar-refractivity contribution in [3.8, 4) is 0 Å². The average Bonchev–Trinajstić information content (AvgIpc) is 3.04. The van der Waals surface area contributed by atoms with E-state index in [1.807, 2.05) is 56.4 Å². The quantitative estimate of drug-likeness (QED) is 0.488. The first-order chi connectivity index (χ1) is 14.2. The van der Waals surface area contributed by atoms with E-state index in [9.17, 15) is 4.79 Å². The molecule has 0 bridgehead atoms. The summed E-state index contributed by atoms with van der Waals surface area (Å²) in [4.78, 5) is 16.1. The highest BCUT2D eigenvalue weighted by Crippen LogP contribution is 2.44. The van der Waals surface area contributed by atoms with Gasteiger partial charge in [-0.25, -0.2) is 4.98 Å². The minimum Gasteiger partial charge on any atom is -0.459 e. The van der Waals surface area contributed by atoms with Crippen LogP contribution < -0.4 is 5.32 Å². The maximum absolute atomic E-state index is 11.4. The second-order valence-corrected chi connectivity index (χ2v) is 7.14. The number of aryl methyl sites for hydroxylation is 2. The van der Waals surface area contributed by atoms with Gasteiger partial charge in [-0.2, -0.15) is 0 Å². The van der Waals surface area contributed by atoms with Crippen molar-refractivity contribution < 1.29 is 19.0 Å². The molecule has 7 nitrogen and oxygen atoms in total. The van der Waals surface area contributed by atoms with Crippen LogP contribution in [0.2, 0.25) is 0 Å². The van der Waals surface area contributed by atoms with Crippen molar-refractivity contribution in [2.75, 3.05) is 25.6 Å². The lowest BCUT2D eigenvalue weighted by atomic mass is 9.88. The molecule has 0 spiro atoms. The van der Waals surface area contributed by atoms with Gasteiger partial charge >= 0.3 is 0 Å². The number of rotatable bonds is 7. The number of imidazole rings is 1. The highest BCUT2D eigenvalue weighted by molar-refractivity contribution is 5.75. The molecule has 0 saturated carbocycles. The molecule has 0 saturated heterocycles. The predicted molar refractivity (Wildman–Crippen MR) is 109 cm³/mol. The maximum atomic E-state index is 11.4. The third kappa shape index (κ3) is 3.47. The van der Waals surface area contributed by atoms with E-state index in [0.29, 0.717) is 19.7 Å². The summed E-state index contributed by atoms with van der Waals surface area (Å²) in [6, 6.07) is 11.7. The Kier molecular flexibility index (Phi) is 5.51. The summed E-state index contributed by atoms with van der Waals surface area (Å²) in [6.45, 7) is 5.37. The van der Waals surface area contributed by atoms with Gasteiger partial charge in [0.1, 0.15) is 6.10 Å². The lowest BCUT2D eigenvalue weighted by molar-refractivity contribution is -0.146. The fourth-order valence-corrected chi connectivity index (χ4v) is 3.92. The third-order valence-corrected chi connectivity index (χ3v) is 5.49. The Balaban J connectivity index is 1.86. The number of hydrogen-bond donors (Lipinski definition) is 1. The zero-order valence-electron chi connectivity index (χ0n) is 16.8. The van der Waals surface area contributed by atoms with Crippen molar-refractivity contribution in [3.05, 3.63) is 65.1 Å². The molecule has 1 N–H and O–H groups in total. The molecular weight excluding hydrogens is 370 g/mol. The Hall–Kier alpha value is -2.90. The van der Waals surface area contributed by atoms with E-state index in [2.05, 4.69) is 9.72 Å². The van der Waals surface area contributed by atoms with Gasteiger partial charge in [-0.1, -0.05) is 30.3 Å². The van der Waals surface area contributed by atoms with Crippen LogP contribution in [0.3, 0.4) is 0 Å². The third-order valence-electron chi connectivity index (χ3n) is 5.49. The average molecular weight is 395 g/mol. The summed E-state index contributed by atoms with van der Waals surface area (Å²) in [5.41, 5.74) is 5.71. The van der Waals surface area contributed by atoms with E-state index in [1.165, 1.54) is 0 Å². The van der Waals surface area contributed by atoms with E-state index in [1.54, 1.807) is 7.11 Å². The van der Waals surface area contributed by atoms with E-state index in [0.717, 1.165) is 33.8 Å². The lowest BCUT2D eigenvalue weighted by Gasteiger charge is -2.39. The molecule has 2 aromatic heterocycles. The topological polar surface area (TPSA) is 74.1 Å². The van der Waals surface area contributed by atoms with Crippen molar-refractivity contribution in [2.45, 2.75) is 32.1 Å². The normalized spacial score (nSPS) is 20.9. The summed E-state index contributed by atoms with van der Waals surface area (Å²) < 4.78 is 18.9. The Labute approximate surface area is 169 Å². The van der Waals surface area contributed by atoms with Gasteiger partial charge < -0.3 is 23.9 Å². The first-order valence-corrected chi connectivity index (χ1v) is 9.65. The van der Waals surface area contributed by atoms with Crippen molar-refractivity contribution in [3.63, 3.8) is 0 Å². The molecule has 0 amide bonds. The Morgan fingerprint density at radius 1 is 1.17 bits per heavy atom. The lowest BCUT2D eigenvalue weighted by Crippen LogP contribution is -2.39. The van der Waals surface area contributed by atoms with Gasteiger partial charge in [-0.15, -0.1) is 0 Å². The minimum absolute atomic E-state index is 0.273. The fourth-order valence-electron chi connectivity index (χ4n) is 3.92. The number of carbonyl (C=O) groups excluding carboxylic acids is 1. The highest BCUT2D eigenvalue weighted by Gasteiger charge is 2.41. The van der Waals surface area contributed by atoms with Crippen LogP contribution in [0.1, 0.15) is 34.7 Å². The number of hydrogen-bond acceptors (Lipinski definition) is 6. The van der Waals surface area contributed by atoms with Crippen LogP contribution >= 0.6 is 0 Å². The second-order valence-electron chi connectivity index (χ2n) is 7.14. The van der Waals surface area contributed by atoms with Gasteiger partial charge in [-0.05, 0) is 25.5 Å². The number of carbonyl (C=O) groups is 1. The molecule has 1 aliphatic heterocycles. The number of fused-ring (bicyclic) bond motifs is 3. The molecule has 0 fully saturated rings. The van der Waals surface area contributed by atoms with Crippen LogP contribution in [0.25, 0.3) is 5.65 Å². The predicted octanol–water partition coefficient (Wildman–Crippen LogP) is 3.36. The second kappa shape index (κ2) is 8.23. The summed E-state index contributed by atoms with van der Waals surface area (Å²) in [5.74, 6) is 0. The Morgan fingerprint density at radius 3 is 2.69 bits per heavy atom. The zero-order chi connectivity index (χ0) is 20.4. The molecule has 29 heavy (non-hydrogen) atoms. The number of nitrogens with one attached hydrogen (secondary N) is 1. The van der Waals surface area contributed by atoms with Gasteiger partial charge in [0.2, 0.25) is 0 Å². The molecule has 1 aromatic carbocycles. The van der Waals surface area contributed by atoms with Crippen LogP contribution in [0, 0.1) is 13.8 Å². The van der Waals surface area contributed by atoms with Crippen LogP contribution in [-0.4, -0.2) is 42.3 Å². The fraction of sp³-hybridized carbons (Fsp3) is 0.364. The minimum atomic E-state index is -0.529. The Bertz CT molecular complexity index is 1000. The number of anilines is 1.